The van der Waals surface area contributed by atoms with Gasteiger partial charge in [-0.1, -0.05) is 0 Å². The monoisotopic (exact) mass is 277 g/mol. The van der Waals surface area contributed by atoms with Crippen molar-refractivity contribution in [2.45, 2.75) is 11.3 Å². The summed E-state index contributed by atoms with van der Waals surface area (Å²) >= 11 is 0. The number of ether oxygens (including phenoxy) is 1. The van der Waals surface area contributed by atoms with Crippen LogP contribution in [0.15, 0.2) is 17.0 Å². The highest BCUT2D eigenvalue weighted by atomic mass is 32.2. The van der Waals surface area contributed by atoms with Crippen molar-refractivity contribution in [3.63, 3.8) is 0 Å². The number of nitrogens with two attached hydrogens (primary N) is 1. The Morgan fingerprint density at radius 1 is 1.18 bits per heavy atom. The van der Waals surface area contributed by atoms with Crippen molar-refractivity contribution in [3.05, 3.63) is 23.8 Å². The van der Waals surface area contributed by atoms with Gasteiger partial charge in [-0.3, -0.25) is 0 Å². The number of alkyl halides is 3. The number of halogens is 5. The molecule has 0 amide bonds. The van der Waals surface area contributed by atoms with E-state index in [0.717, 1.165) is 0 Å². The molecule has 0 heterocycles. The van der Waals surface area contributed by atoms with Crippen LogP contribution >= 0.6 is 0 Å². The van der Waals surface area contributed by atoms with Crippen LogP contribution in [-0.2, 0) is 10.0 Å². The number of benzene rings is 1. The molecule has 96 valence electrons. The smallest absolute Gasteiger partial charge is 0.402 e. The SMILES string of the molecule is NS(=O)(=O)c1cc(F)cc(OC(F)(F)F)c1F. The lowest BCUT2D eigenvalue weighted by Crippen LogP contribution is -2.20. The summed E-state index contributed by atoms with van der Waals surface area (Å²) in [5.74, 6) is -4.96. The van der Waals surface area contributed by atoms with Gasteiger partial charge in [0.15, 0.2) is 11.6 Å². The van der Waals surface area contributed by atoms with E-state index in [9.17, 15) is 30.4 Å². The summed E-state index contributed by atoms with van der Waals surface area (Å²) in [6.07, 6.45) is -5.29. The van der Waals surface area contributed by atoms with Gasteiger partial charge in [0.2, 0.25) is 10.0 Å². The van der Waals surface area contributed by atoms with Gasteiger partial charge in [-0.05, 0) is 6.07 Å². The zero-order chi connectivity index (χ0) is 13.4. The molecule has 0 spiro atoms. The molecule has 10 heteroatoms. The lowest BCUT2D eigenvalue weighted by Gasteiger charge is -2.11. The summed E-state index contributed by atoms with van der Waals surface area (Å²) < 4.78 is 86.0. The number of rotatable bonds is 2. The summed E-state index contributed by atoms with van der Waals surface area (Å²) in [6, 6.07) is 0.200. The molecule has 0 atom stereocenters. The number of sulfonamides is 1. The molecule has 0 saturated carbocycles. The number of hydrogen-bond acceptors (Lipinski definition) is 3. The van der Waals surface area contributed by atoms with Gasteiger partial charge in [0, 0.05) is 6.07 Å². The van der Waals surface area contributed by atoms with E-state index in [-0.39, 0.29) is 12.1 Å². The third-order valence-electron chi connectivity index (χ3n) is 1.50. The third kappa shape index (κ3) is 3.53. The van der Waals surface area contributed by atoms with E-state index >= 15 is 0 Å². The Labute approximate surface area is 91.8 Å². The van der Waals surface area contributed by atoms with E-state index in [1.807, 2.05) is 0 Å². The standard InChI is InChI=1S/C7H4F5NO3S/c8-3-1-4(16-7(10,11)12)6(9)5(2-3)17(13,14)15/h1-2H,(H2,13,14,15). The normalized spacial score (nSPS) is 12.6. The summed E-state index contributed by atoms with van der Waals surface area (Å²) in [5.41, 5.74) is 0. The van der Waals surface area contributed by atoms with Crippen LogP contribution in [-0.4, -0.2) is 14.8 Å². The Kier molecular flexibility index (Phi) is 3.30. The molecule has 0 bridgehead atoms. The molecular weight excluding hydrogens is 273 g/mol. The van der Waals surface area contributed by atoms with Gasteiger partial charge < -0.3 is 4.74 Å². The average Bonchev–Trinajstić information content (AvgIpc) is 2.06. The Balaban J connectivity index is 3.40. The third-order valence-corrected chi connectivity index (χ3v) is 2.41. The number of primary sulfonamides is 1. The van der Waals surface area contributed by atoms with E-state index in [1.54, 1.807) is 0 Å². The lowest BCUT2D eigenvalue weighted by atomic mass is 10.3. The second-order valence-corrected chi connectivity index (χ2v) is 4.34. The topological polar surface area (TPSA) is 69.4 Å². The van der Waals surface area contributed by atoms with Crippen LogP contribution in [0.25, 0.3) is 0 Å². The van der Waals surface area contributed by atoms with Crippen molar-refractivity contribution in [3.8, 4) is 5.75 Å². The maximum Gasteiger partial charge on any atom is 0.573 e. The highest BCUT2D eigenvalue weighted by Crippen LogP contribution is 2.29. The van der Waals surface area contributed by atoms with Crippen molar-refractivity contribution < 1.29 is 35.1 Å². The zero-order valence-corrected chi connectivity index (χ0v) is 8.57. The fourth-order valence-corrected chi connectivity index (χ4v) is 1.57. The Morgan fingerprint density at radius 2 is 1.71 bits per heavy atom. The molecule has 17 heavy (non-hydrogen) atoms. The Hall–Kier alpha value is -1.42. The molecule has 1 aromatic carbocycles. The van der Waals surface area contributed by atoms with Crippen molar-refractivity contribution in [1.82, 2.24) is 0 Å². The predicted octanol–water partition coefficient (Wildman–Crippen LogP) is 1.51. The van der Waals surface area contributed by atoms with E-state index in [4.69, 9.17) is 0 Å². The first-order valence-corrected chi connectivity index (χ1v) is 5.33. The summed E-state index contributed by atoms with van der Waals surface area (Å²) in [5, 5.41) is 4.49. The van der Waals surface area contributed by atoms with Gasteiger partial charge in [-0.15, -0.1) is 13.2 Å². The van der Waals surface area contributed by atoms with Crippen molar-refractivity contribution >= 4 is 10.0 Å². The van der Waals surface area contributed by atoms with Gasteiger partial charge in [0.25, 0.3) is 0 Å². The van der Waals surface area contributed by atoms with Crippen LogP contribution in [0.3, 0.4) is 0 Å². The highest BCUT2D eigenvalue weighted by Gasteiger charge is 2.34. The summed E-state index contributed by atoms with van der Waals surface area (Å²) in [6.45, 7) is 0. The molecule has 1 rings (SSSR count). The summed E-state index contributed by atoms with van der Waals surface area (Å²) in [4.78, 5) is -1.42. The molecule has 0 fully saturated rings. The van der Waals surface area contributed by atoms with E-state index in [2.05, 4.69) is 9.88 Å². The highest BCUT2D eigenvalue weighted by molar-refractivity contribution is 7.89. The maximum atomic E-state index is 13.2. The van der Waals surface area contributed by atoms with E-state index < -0.39 is 38.7 Å². The fourth-order valence-electron chi connectivity index (χ4n) is 0.946. The molecule has 0 aliphatic rings. The second-order valence-electron chi connectivity index (χ2n) is 2.81. The molecule has 2 N–H and O–H groups in total. The molecule has 0 saturated heterocycles. The van der Waals surface area contributed by atoms with Crippen LogP contribution in [0.4, 0.5) is 22.0 Å². The van der Waals surface area contributed by atoms with Crippen molar-refractivity contribution in [1.29, 1.82) is 0 Å². The van der Waals surface area contributed by atoms with E-state index in [0.29, 0.717) is 0 Å². The minimum Gasteiger partial charge on any atom is -0.402 e. The molecular formula is C7H4F5NO3S. The zero-order valence-electron chi connectivity index (χ0n) is 7.75. The van der Waals surface area contributed by atoms with Crippen LogP contribution in [0.1, 0.15) is 0 Å². The minimum absolute atomic E-state index is 0.0531. The molecule has 4 nitrogen and oxygen atoms in total. The number of hydrogen-bond donors (Lipinski definition) is 1. The quantitative estimate of drug-likeness (QED) is 0.833. The molecule has 0 aliphatic heterocycles. The van der Waals surface area contributed by atoms with Gasteiger partial charge >= 0.3 is 6.36 Å². The first kappa shape index (κ1) is 13.6. The van der Waals surface area contributed by atoms with Crippen molar-refractivity contribution in [2.24, 2.45) is 5.14 Å². The maximum absolute atomic E-state index is 13.2. The molecule has 0 unspecified atom stereocenters. The van der Waals surface area contributed by atoms with Crippen LogP contribution in [0.2, 0.25) is 0 Å². The molecule has 0 aromatic heterocycles. The first-order valence-electron chi connectivity index (χ1n) is 3.78. The fraction of sp³-hybridized carbons (Fsp3) is 0.143. The Bertz CT molecular complexity index is 539. The van der Waals surface area contributed by atoms with Gasteiger partial charge in [0.1, 0.15) is 10.7 Å². The minimum atomic E-state index is -5.29. The average molecular weight is 277 g/mol. The van der Waals surface area contributed by atoms with Gasteiger partial charge in [-0.2, -0.15) is 0 Å². The molecule has 0 aliphatic carbocycles. The van der Waals surface area contributed by atoms with Crippen LogP contribution < -0.4 is 9.88 Å². The van der Waals surface area contributed by atoms with Crippen LogP contribution in [0.5, 0.6) is 5.75 Å². The second kappa shape index (κ2) is 4.11. The van der Waals surface area contributed by atoms with Crippen LogP contribution in [0, 0.1) is 11.6 Å². The van der Waals surface area contributed by atoms with Gasteiger partial charge in [-0.25, -0.2) is 22.3 Å². The molecule has 0 radical (unpaired) electrons. The van der Waals surface area contributed by atoms with Crippen molar-refractivity contribution in [2.75, 3.05) is 0 Å². The largest absolute Gasteiger partial charge is 0.573 e. The van der Waals surface area contributed by atoms with Gasteiger partial charge in [0.05, 0.1) is 0 Å². The van der Waals surface area contributed by atoms with E-state index in [1.165, 1.54) is 0 Å². The Morgan fingerprint density at radius 3 is 2.12 bits per heavy atom. The summed E-state index contributed by atoms with van der Waals surface area (Å²) in [7, 11) is -4.70. The first-order chi connectivity index (χ1) is 7.50. The molecule has 1 aromatic rings. The predicted molar refractivity (Wildman–Crippen MR) is 44.4 cm³/mol. The lowest BCUT2D eigenvalue weighted by molar-refractivity contribution is -0.275.